The highest BCUT2D eigenvalue weighted by Crippen LogP contribution is 2.30. The molecule has 1 aromatic heterocycles. The number of benzene rings is 2. The Morgan fingerprint density at radius 3 is 2.53 bits per heavy atom. The average Bonchev–Trinajstić information content (AvgIpc) is 3.46. The molecule has 0 aliphatic carbocycles. The molecule has 1 fully saturated rings. The van der Waals surface area contributed by atoms with Crippen LogP contribution < -0.4 is 5.32 Å². The summed E-state index contributed by atoms with van der Waals surface area (Å²) in [7, 11) is 0. The third kappa shape index (κ3) is 5.40. The highest BCUT2D eigenvalue weighted by Gasteiger charge is 2.20. The predicted molar refractivity (Wildman–Crippen MR) is 128 cm³/mol. The summed E-state index contributed by atoms with van der Waals surface area (Å²) in [5, 5.41) is 12.6. The van der Waals surface area contributed by atoms with Crippen molar-refractivity contribution in [1.82, 2.24) is 20.1 Å². The predicted octanol–water partition coefficient (Wildman–Crippen LogP) is 4.62. The lowest BCUT2D eigenvalue weighted by Gasteiger charge is -2.19. The summed E-state index contributed by atoms with van der Waals surface area (Å²) in [6.07, 6.45) is 2.21. The van der Waals surface area contributed by atoms with E-state index in [4.69, 9.17) is 4.74 Å². The van der Waals surface area contributed by atoms with Crippen LogP contribution in [0, 0.1) is 0 Å². The van der Waals surface area contributed by atoms with Gasteiger partial charge in [0.15, 0.2) is 11.0 Å². The molecular weight excluding hydrogens is 420 g/mol. The van der Waals surface area contributed by atoms with E-state index < -0.39 is 0 Å². The lowest BCUT2D eigenvalue weighted by molar-refractivity contribution is -0.119. The molecule has 1 aliphatic rings. The van der Waals surface area contributed by atoms with Gasteiger partial charge in [-0.3, -0.25) is 9.36 Å². The van der Waals surface area contributed by atoms with Crippen molar-refractivity contribution >= 4 is 17.7 Å². The van der Waals surface area contributed by atoms with Crippen molar-refractivity contribution in [2.45, 2.75) is 50.3 Å². The van der Waals surface area contributed by atoms with Crippen LogP contribution in [-0.4, -0.2) is 45.7 Å². The van der Waals surface area contributed by atoms with Crippen LogP contribution in [-0.2, 0) is 14.9 Å². The minimum absolute atomic E-state index is 0.0239. The van der Waals surface area contributed by atoms with Crippen molar-refractivity contribution in [2.24, 2.45) is 0 Å². The Hall–Kier alpha value is -2.64. The Morgan fingerprint density at radius 2 is 1.88 bits per heavy atom. The lowest BCUT2D eigenvalue weighted by Crippen LogP contribution is -2.32. The molecule has 3 aromatic rings. The molecule has 1 amide bonds. The van der Waals surface area contributed by atoms with Crippen LogP contribution in [0.3, 0.4) is 0 Å². The molecule has 6 nitrogen and oxygen atoms in total. The van der Waals surface area contributed by atoms with E-state index in [9.17, 15) is 4.79 Å². The zero-order valence-electron chi connectivity index (χ0n) is 18.9. The van der Waals surface area contributed by atoms with Crippen LogP contribution >= 0.6 is 11.8 Å². The lowest BCUT2D eigenvalue weighted by atomic mass is 9.87. The first kappa shape index (κ1) is 22.6. The number of rotatable bonds is 7. The second-order valence-corrected chi connectivity index (χ2v) is 9.97. The summed E-state index contributed by atoms with van der Waals surface area (Å²) in [4.78, 5) is 12.4. The van der Waals surface area contributed by atoms with Gasteiger partial charge in [0.2, 0.25) is 5.91 Å². The average molecular weight is 451 g/mol. The van der Waals surface area contributed by atoms with E-state index in [1.807, 2.05) is 34.9 Å². The first-order chi connectivity index (χ1) is 15.4. The molecule has 2 heterocycles. The first-order valence-corrected chi connectivity index (χ1v) is 12.0. The zero-order chi connectivity index (χ0) is 22.6. The number of nitrogens with one attached hydrogen (secondary N) is 1. The smallest absolute Gasteiger partial charge is 0.230 e. The van der Waals surface area contributed by atoms with Gasteiger partial charge < -0.3 is 10.1 Å². The number of hydrogen-bond donors (Lipinski definition) is 1. The third-order valence-corrected chi connectivity index (χ3v) is 6.47. The molecule has 2 aromatic carbocycles. The Bertz CT molecular complexity index is 1040. The summed E-state index contributed by atoms with van der Waals surface area (Å²) in [5.41, 5.74) is 3.31. The summed E-state index contributed by atoms with van der Waals surface area (Å²) in [5.74, 6) is 1.02. The molecule has 0 spiro atoms. The van der Waals surface area contributed by atoms with Gasteiger partial charge in [-0.25, -0.2) is 0 Å². The zero-order valence-corrected chi connectivity index (χ0v) is 19.7. The van der Waals surface area contributed by atoms with E-state index in [2.05, 4.69) is 60.6 Å². The van der Waals surface area contributed by atoms with Gasteiger partial charge in [0.05, 0.1) is 11.9 Å². The van der Waals surface area contributed by atoms with Crippen molar-refractivity contribution in [3.63, 3.8) is 0 Å². The van der Waals surface area contributed by atoms with Crippen molar-refractivity contribution in [3.8, 4) is 17.1 Å². The topological polar surface area (TPSA) is 69.0 Å². The second kappa shape index (κ2) is 9.88. The van der Waals surface area contributed by atoms with E-state index in [0.29, 0.717) is 11.7 Å². The van der Waals surface area contributed by atoms with Gasteiger partial charge in [-0.1, -0.05) is 75.0 Å². The van der Waals surface area contributed by atoms with Crippen molar-refractivity contribution < 1.29 is 9.53 Å². The number of para-hydroxylation sites is 1. The molecule has 0 saturated carbocycles. The molecule has 1 saturated heterocycles. The third-order valence-electron chi connectivity index (χ3n) is 5.54. The number of carbonyl (C=O) groups excluding carboxylic acids is 1. The number of nitrogens with zero attached hydrogens (tertiary/aromatic N) is 3. The number of carbonyl (C=O) groups is 1. The molecule has 32 heavy (non-hydrogen) atoms. The molecule has 168 valence electrons. The van der Waals surface area contributed by atoms with Crippen LogP contribution in [0.25, 0.3) is 17.1 Å². The van der Waals surface area contributed by atoms with Crippen molar-refractivity contribution in [2.75, 3.05) is 18.9 Å². The van der Waals surface area contributed by atoms with Gasteiger partial charge >= 0.3 is 0 Å². The van der Waals surface area contributed by atoms with Crippen LogP contribution in [0.4, 0.5) is 0 Å². The van der Waals surface area contributed by atoms with Crippen LogP contribution in [0.15, 0.2) is 59.8 Å². The number of thioether (sulfide) groups is 1. The quantitative estimate of drug-likeness (QED) is 0.532. The minimum Gasteiger partial charge on any atom is -0.376 e. The molecule has 1 atom stereocenters. The van der Waals surface area contributed by atoms with E-state index >= 15 is 0 Å². The second-order valence-electron chi connectivity index (χ2n) is 9.03. The van der Waals surface area contributed by atoms with Gasteiger partial charge in [0, 0.05) is 24.4 Å². The monoisotopic (exact) mass is 450 g/mol. The fraction of sp³-hybridized carbons (Fsp3) is 0.400. The fourth-order valence-corrected chi connectivity index (χ4v) is 4.48. The highest BCUT2D eigenvalue weighted by atomic mass is 32.2. The van der Waals surface area contributed by atoms with Gasteiger partial charge in [-0.15, -0.1) is 10.2 Å². The van der Waals surface area contributed by atoms with E-state index in [1.165, 1.54) is 17.3 Å². The molecule has 1 N–H and O–H groups in total. The molecule has 0 radical (unpaired) electrons. The number of hydrogen-bond acceptors (Lipinski definition) is 5. The Labute approximate surface area is 193 Å². The van der Waals surface area contributed by atoms with Crippen molar-refractivity contribution in [3.05, 3.63) is 60.2 Å². The highest BCUT2D eigenvalue weighted by molar-refractivity contribution is 7.99. The van der Waals surface area contributed by atoms with Crippen molar-refractivity contribution in [1.29, 1.82) is 0 Å². The maximum absolute atomic E-state index is 12.4. The van der Waals surface area contributed by atoms with E-state index in [-0.39, 0.29) is 23.2 Å². The molecular formula is C25H30N4O2S. The molecule has 7 heteroatoms. The van der Waals surface area contributed by atoms with E-state index in [1.54, 1.807) is 0 Å². The van der Waals surface area contributed by atoms with Crippen LogP contribution in [0.2, 0.25) is 0 Å². The largest absolute Gasteiger partial charge is 0.376 e. The molecule has 0 unspecified atom stereocenters. The summed E-state index contributed by atoms with van der Waals surface area (Å²) in [6, 6.07) is 18.5. The first-order valence-electron chi connectivity index (χ1n) is 11.0. The Morgan fingerprint density at radius 1 is 1.12 bits per heavy atom. The normalized spacial score (nSPS) is 16.3. The minimum atomic E-state index is -0.0239. The standard InChI is InChI=1S/C25H30N4O2S/c1-25(2,3)19-13-11-18(12-14-19)23-27-28-24(29(23)20-8-5-4-6-9-20)32-17-22(30)26-16-21-10-7-15-31-21/h4-6,8-9,11-14,21H,7,10,15-17H2,1-3H3,(H,26,30)/t21-/m0/s1. The Kier molecular flexibility index (Phi) is 6.96. The molecule has 0 bridgehead atoms. The maximum Gasteiger partial charge on any atom is 0.230 e. The number of aromatic nitrogens is 3. The summed E-state index contributed by atoms with van der Waals surface area (Å²) in [6.45, 7) is 7.96. The van der Waals surface area contributed by atoms with E-state index in [0.717, 1.165) is 36.5 Å². The fourth-order valence-electron chi connectivity index (χ4n) is 3.69. The number of ether oxygens (including phenoxy) is 1. The van der Waals surface area contributed by atoms with Gasteiger partial charge in [0.1, 0.15) is 0 Å². The summed E-state index contributed by atoms with van der Waals surface area (Å²) >= 11 is 1.39. The maximum atomic E-state index is 12.4. The molecule has 1 aliphatic heterocycles. The summed E-state index contributed by atoms with van der Waals surface area (Å²) < 4.78 is 7.59. The van der Waals surface area contributed by atoms with Crippen LogP contribution in [0.1, 0.15) is 39.2 Å². The molecule has 4 rings (SSSR count). The Balaban J connectivity index is 1.54. The van der Waals surface area contributed by atoms with Gasteiger partial charge in [-0.05, 0) is 36.0 Å². The van der Waals surface area contributed by atoms with Gasteiger partial charge in [0.25, 0.3) is 0 Å². The number of amides is 1. The SMILES string of the molecule is CC(C)(C)c1ccc(-c2nnc(SCC(=O)NC[C@@H]3CCCO3)n2-c2ccccc2)cc1. The van der Waals surface area contributed by atoms with Gasteiger partial charge in [-0.2, -0.15) is 0 Å². The van der Waals surface area contributed by atoms with Crippen LogP contribution in [0.5, 0.6) is 0 Å².